The summed E-state index contributed by atoms with van der Waals surface area (Å²) in [4.78, 5) is 11.1. The van der Waals surface area contributed by atoms with E-state index in [1.807, 2.05) is 0 Å². The molecular formula is C10H21NO2. The van der Waals surface area contributed by atoms with Gasteiger partial charge in [0.05, 0.1) is 5.60 Å². The van der Waals surface area contributed by atoms with Gasteiger partial charge in [-0.1, -0.05) is 19.8 Å². The molecule has 3 nitrogen and oxygen atoms in total. The standard InChI is InChI=1S/C10H21NO2/c1-4-5-6-7-9(12)11-8-10(2,3)13/h13H,4-8H2,1-3H3,(H,11,12). The number of hydrogen-bond donors (Lipinski definition) is 2. The van der Waals surface area contributed by atoms with Crippen molar-refractivity contribution in [1.29, 1.82) is 0 Å². The van der Waals surface area contributed by atoms with Gasteiger partial charge in [0.15, 0.2) is 0 Å². The zero-order chi connectivity index (χ0) is 10.3. The van der Waals surface area contributed by atoms with Crippen molar-refractivity contribution in [2.75, 3.05) is 6.54 Å². The Morgan fingerprint density at radius 2 is 2.00 bits per heavy atom. The first-order valence-electron chi connectivity index (χ1n) is 4.95. The van der Waals surface area contributed by atoms with Crippen molar-refractivity contribution in [3.05, 3.63) is 0 Å². The molecule has 0 saturated carbocycles. The summed E-state index contributed by atoms with van der Waals surface area (Å²) in [6.07, 6.45) is 3.73. The number of nitrogens with one attached hydrogen (secondary N) is 1. The first-order valence-corrected chi connectivity index (χ1v) is 4.95. The number of hydrogen-bond acceptors (Lipinski definition) is 2. The summed E-state index contributed by atoms with van der Waals surface area (Å²) in [5.74, 6) is 0.0376. The monoisotopic (exact) mass is 187 g/mol. The lowest BCUT2D eigenvalue weighted by Crippen LogP contribution is -2.38. The van der Waals surface area contributed by atoms with Gasteiger partial charge in [0.2, 0.25) is 5.91 Å². The fraction of sp³-hybridized carbons (Fsp3) is 0.900. The van der Waals surface area contributed by atoms with Crippen molar-refractivity contribution in [3.63, 3.8) is 0 Å². The summed E-state index contributed by atoms with van der Waals surface area (Å²) in [6, 6.07) is 0. The largest absolute Gasteiger partial charge is 0.389 e. The molecule has 0 aliphatic carbocycles. The minimum atomic E-state index is -0.805. The van der Waals surface area contributed by atoms with Crippen LogP contribution >= 0.6 is 0 Å². The quantitative estimate of drug-likeness (QED) is 0.618. The van der Waals surface area contributed by atoms with Crippen LogP contribution in [0.3, 0.4) is 0 Å². The van der Waals surface area contributed by atoms with Crippen LogP contribution in [-0.4, -0.2) is 23.2 Å². The third kappa shape index (κ3) is 9.34. The van der Waals surface area contributed by atoms with Crippen LogP contribution in [0.25, 0.3) is 0 Å². The lowest BCUT2D eigenvalue weighted by Gasteiger charge is -2.17. The van der Waals surface area contributed by atoms with Crippen LogP contribution in [-0.2, 0) is 4.79 Å². The van der Waals surface area contributed by atoms with Crippen LogP contribution in [0.4, 0.5) is 0 Å². The average molecular weight is 187 g/mol. The molecule has 0 spiro atoms. The van der Waals surface area contributed by atoms with Gasteiger partial charge < -0.3 is 10.4 Å². The van der Waals surface area contributed by atoms with Gasteiger partial charge in [-0.05, 0) is 20.3 Å². The van der Waals surface area contributed by atoms with E-state index in [1.165, 1.54) is 0 Å². The fourth-order valence-corrected chi connectivity index (χ4v) is 0.939. The molecule has 13 heavy (non-hydrogen) atoms. The maximum Gasteiger partial charge on any atom is 0.220 e. The minimum absolute atomic E-state index is 0.0376. The topological polar surface area (TPSA) is 49.3 Å². The average Bonchev–Trinajstić information content (AvgIpc) is 2.00. The number of aliphatic hydroxyl groups is 1. The summed E-state index contributed by atoms with van der Waals surface area (Å²) in [7, 11) is 0. The highest BCUT2D eigenvalue weighted by atomic mass is 16.3. The molecule has 78 valence electrons. The predicted molar refractivity (Wildman–Crippen MR) is 53.4 cm³/mol. The zero-order valence-corrected chi connectivity index (χ0v) is 8.89. The van der Waals surface area contributed by atoms with Crippen molar-refractivity contribution >= 4 is 5.91 Å². The van der Waals surface area contributed by atoms with Crippen molar-refractivity contribution < 1.29 is 9.90 Å². The van der Waals surface area contributed by atoms with E-state index in [1.54, 1.807) is 13.8 Å². The maximum atomic E-state index is 11.1. The SMILES string of the molecule is CCCCCC(=O)NCC(C)(C)O. The Labute approximate surface area is 80.5 Å². The first kappa shape index (κ1) is 12.4. The Balaban J connectivity index is 3.41. The normalized spacial score (nSPS) is 11.4. The molecule has 2 N–H and O–H groups in total. The van der Waals surface area contributed by atoms with Crippen molar-refractivity contribution in [3.8, 4) is 0 Å². The van der Waals surface area contributed by atoms with Gasteiger partial charge in [-0.2, -0.15) is 0 Å². The van der Waals surface area contributed by atoms with Gasteiger partial charge in [0.25, 0.3) is 0 Å². The van der Waals surface area contributed by atoms with Gasteiger partial charge in [-0.15, -0.1) is 0 Å². The smallest absolute Gasteiger partial charge is 0.220 e. The number of carbonyl (C=O) groups is 1. The van der Waals surface area contributed by atoms with Crippen molar-refractivity contribution in [2.45, 2.75) is 52.1 Å². The van der Waals surface area contributed by atoms with E-state index in [9.17, 15) is 9.90 Å². The van der Waals surface area contributed by atoms with E-state index in [0.717, 1.165) is 19.3 Å². The second-order valence-corrected chi connectivity index (χ2v) is 4.05. The highest BCUT2D eigenvalue weighted by Gasteiger charge is 2.13. The van der Waals surface area contributed by atoms with Crippen molar-refractivity contribution in [2.24, 2.45) is 0 Å². The molecule has 1 amide bonds. The molecule has 0 aromatic carbocycles. The second kappa shape index (κ2) is 5.97. The van der Waals surface area contributed by atoms with Gasteiger partial charge in [-0.25, -0.2) is 0 Å². The molecule has 0 saturated heterocycles. The third-order valence-corrected chi connectivity index (χ3v) is 1.73. The van der Waals surface area contributed by atoms with Crippen LogP contribution in [0.1, 0.15) is 46.5 Å². The summed E-state index contributed by atoms with van der Waals surface area (Å²) >= 11 is 0. The fourth-order valence-electron chi connectivity index (χ4n) is 0.939. The molecule has 0 bridgehead atoms. The predicted octanol–water partition coefficient (Wildman–Crippen LogP) is 1.45. The zero-order valence-electron chi connectivity index (χ0n) is 8.89. The van der Waals surface area contributed by atoms with Crippen LogP contribution in [0.5, 0.6) is 0 Å². The maximum absolute atomic E-state index is 11.1. The van der Waals surface area contributed by atoms with Gasteiger partial charge >= 0.3 is 0 Å². The molecule has 3 heteroatoms. The molecule has 0 aliphatic rings. The Kier molecular flexibility index (Phi) is 5.71. The molecule has 0 atom stereocenters. The van der Waals surface area contributed by atoms with Crippen LogP contribution in [0, 0.1) is 0 Å². The number of carbonyl (C=O) groups excluding carboxylic acids is 1. The lowest BCUT2D eigenvalue weighted by molar-refractivity contribution is -0.122. The van der Waals surface area contributed by atoms with E-state index in [2.05, 4.69) is 12.2 Å². The summed E-state index contributed by atoms with van der Waals surface area (Å²) < 4.78 is 0. The van der Waals surface area contributed by atoms with E-state index >= 15 is 0 Å². The Bertz CT molecular complexity index is 149. The molecule has 0 aromatic rings. The van der Waals surface area contributed by atoms with E-state index < -0.39 is 5.60 Å². The van der Waals surface area contributed by atoms with Crippen molar-refractivity contribution in [1.82, 2.24) is 5.32 Å². The number of amides is 1. The third-order valence-electron chi connectivity index (χ3n) is 1.73. The summed E-state index contributed by atoms with van der Waals surface area (Å²) in [5.41, 5.74) is -0.805. The molecular weight excluding hydrogens is 166 g/mol. The van der Waals surface area contributed by atoms with E-state index in [-0.39, 0.29) is 5.91 Å². The minimum Gasteiger partial charge on any atom is -0.389 e. The lowest BCUT2D eigenvalue weighted by atomic mass is 10.1. The summed E-state index contributed by atoms with van der Waals surface area (Å²) in [6.45, 7) is 5.80. The molecule has 0 rings (SSSR count). The highest BCUT2D eigenvalue weighted by Crippen LogP contribution is 2.00. The van der Waals surface area contributed by atoms with Gasteiger partial charge in [-0.3, -0.25) is 4.79 Å². The van der Waals surface area contributed by atoms with Crippen LogP contribution in [0.15, 0.2) is 0 Å². The van der Waals surface area contributed by atoms with E-state index in [4.69, 9.17) is 0 Å². The highest BCUT2D eigenvalue weighted by molar-refractivity contribution is 5.75. The number of rotatable bonds is 6. The first-order chi connectivity index (χ1) is 5.95. The van der Waals surface area contributed by atoms with Gasteiger partial charge in [0, 0.05) is 13.0 Å². The molecule has 0 aliphatic heterocycles. The Hall–Kier alpha value is -0.570. The summed E-state index contributed by atoms with van der Waals surface area (Å²) in [5, 5.41) is 12.0. The van der Waals surface area contributed by atoms with E-state index in [0.29, 0.717) is 13.0 Å². The van der Waals surface area contributed by atoms with Crippen LogP contribution in [0.2, 0.25) is 0 Å². The molecule has 0 unspecified atom stereocenters. The Morgan fingerprint density at radius 3 is 2.46 bits per heavy atom. The Morgan fingerprint density at radius 1 is 1.38 bits per heavy atom. The number of unbranched alkanes of at least 4 members (excludes halogenated alkanes) is 2. The molecule has 0 heterocycles. The molecule has 0 radical (unpaired) electrons. The molecule has 0 aromatic heterocycles. The van der Waals surface area contributed by atoms with Crippen LogP contribution < -0.4 is 5.32 Å². The van der Waals surface area contributed by atoms with Gasteiger partial charge in [0.1, 0.15) is 0 Å². The second-order valence-electron chi connectivity index (χ2n) is 4.05. The molecule has 0 fully saturated rings.